The maximum atomic E-state index is 11.2. The fourth-order valence-electron chi connectivity index (χ4n) is 2.90. The smallest absolute Gasteiger partial charge is 0.335 e. The summed E-state index contributed by atoms with van der Waals surface area (Å²) in [6.07, 6.45) is 3.35. The zero-order chi connectivity index (χ0) is 19.0. The van der Waals surface area contributed by atoms with E-state index in [1.54, 1.807) is 53.3 Å². The van der Waals surface area contributed by atoms with E-state index in [9.17, 15) is 9.90 Å². The van der Waals surface area contributed by atoms with Crippen molar-refractivity contribution < 1.29 is 19.7 Å². The average molecular weight is 361 g/mol. The molecule has 0 unspecified atom stereocenters. The Kier molecular flexibility index (Phi) is 3.97. The number of rotatable bonds is 4. The largest absolute Gasteiger partial charge is 0.504 e. The van der Waals surface area contributed by atoms with Crippen LogP contribution in [0.1, 0.15) is 10.4 Å². The molecule has 7 nitrogen and oxygen atoms in total. The number of phenols is 1. The molecule has 0 bridgehead atoms. The molecular weight excluding hydrogens is 346 g/mol. The third kappa shape index (κ3) is 2.95. The molecule has 0 aliphatic heterocycles. The van der Waals surface area contributed by atoms with E-state index in [-0.39, 0.29) is 11.3 Å². The number of carboxylic acids is 1. The van der Waals surface area contributed by atoms with Crippen molar-refractivity contribution in [2.75, 3.05) is 7.11 Å². The summed E-state index contributed by atoms with van der Waals surface area (Å²) >= 11 is 0. The molecule has 0 amide bonds. The van der Waals surface area contributed by atoms with E-state index in [1.165, 1.54) is 7.11 Å². The van der Waals surface area contributed by atoms with Gasteiger partial charge < -0.3 is 14.9 Å². The van der Waals surface area contributed by atoms with Crippen LogP contribution in [-0.2, 0) is 0 Å². The Hall–Kier alpha value is -3.87. The Morgan fingerprint density at radius 2 is 1.89 bits per heavy atom. The monoisotopic (exact) mass is 361 g/mol. The summed E-state index contributed by atoms with van der Waals surface area (Å²) < 4.78 is 6.83. The van der Waals surface area contributed by atoms with Crippen molar-refractivity contribution in [3.63, 3.8) is 0 Å². The number of carboxylic acid groups (broad SMARTS) is 1. The van der Waals surface area contributed by atoms with Gasteiger partial charge in [-0.15, -0.1) is 0 Å². The molecule has 0 spiro atoms. The number of fused-ring (bicyclic) bond motifs is 1. The zero-order valence-electron chi connectivity index (χ0n) is 14.3. The molecule has 0 saturated carbocycles. The van der Waals surface area contributed by atoms with Crippen molar-refractivity contribution in [1.29, 1.82) is 0 Å². The minimum absolute atomic E-state index is 0.0589. The van der Waals surface area contributed by atoms with Gasteiger partial charge in [0.2, 0.25) is 0 Å². The Bertz CT molecular complexity index is 1170. The molecule has 134 valence electrons. The number of methoxy groups -OCH3 is 1. The average Bonchev–Trinajstić information content (AvgIpc) is 3.11. The Morgan fingerprint density at radius 1 is 1.04 bits per heavy atom. The second-order valence-electron chi connectivity index (χ2n) is 5.93. The van der Waals surface area contributed by atoms with E-state index in [2.05, 4.69) is 10.1 Å². The van der Waals surface area contributed by atoms with Gasteiger partial charge in [0.15, 0.2) is 17.1 Å². The standard InChI is InChI=1S/C20H15N3O4/c1-27-18-8-13(5-6-17(18)24)16-11-21-19-9-15(10-22-23(16)19)12-3-2-4-14(7-12)20(25)26/h2-11,24H,1H3,(H,25,26). The second-order valence-corrected chi connectivity index (χ2v) is 5.93. The minimum Gasteiger partial charge on any atom is -0.504 e. The molecular formula is C20H15N3O4. The molecule has 27 heavy (non-hydrogen) atoms. The predicted octanol–water partition coefficient (Wildman–Crippen LogP) is 3.48. The number of imidazole rings is 1. The first kappa shape index (κ1) is 16.6. The summed E-state index contributed by atoms with van der Waals surface area (Å²) in [6, 6.07) is 13.5. The van der Waals surface area contributed by atoms with Crippen LogP contribution in [-0.4, -0.2) is 37.9 Å². The van der Waals surface area contributed by atoms with E-state index in [4.69, 9.17) is 9.84 Å². The fraction of sp³-hybridized carbons (Fsp3) is 0.0500. The van der Waals surface area contributed by atoms with Gasteiger partial charge in [0.1, 0.15) is 0 Å². The van der Waals surface area contributed by atoms with Crippen LogP contribution in [0.3, 0.4) is 0 Å². The van der Waals surface area contributed by atoms with Crippen molar-refractivity contribution in [2.24, 2.45) is 0 Å². The molecule has 7 heteroatoms. The summed E-state index contributed by atoms with van der Waals surface area (Å²) in [7, 11) is 1.49. The fourth-order valence-corrected chi connectivity index (χ4v) is 2.90. The Morgan fingerprint density at radius 3 is 2.67 bits per heavy atom. The van der Waals surface area contributed by atoms with E-state index < -0.39 is 5.97 Å². The van der Waals surface area contributed by atoms with Crippen molar-refractivity contribution in [3.8, 4) is 33.9 Å². The van der Waals surface area contributed by atoms with Crippen LogP contribution in [0.25, 0.3) is 28.0 Å². The molecule has 2 heterocycles. The summed E-state index contributed by atoms with van der Waals surface area (Å²) in [4.78, 5) is 15.6. The van der Waals surface area contributed by atoms with E-state index in [0.29, 0.717) is 11.4 Å². The third-order valence-electron chi connectivity index (χ3n) is 4.28. The highest BCUT2D eigenvalue weighted by Gasteiger charge is 2.12. The Balaban J connectivity index is 1.78. The maximum absolute atomic E-state index is 11.2. The Labute approximate surface area is 154 Å². The maximum Gasteiger partial charge on any atom is 0.335 e. The lowest BCUT2D eigenvalue weighted by molar-refractivity contribution is 0.0697. The topological polar surface area (TPSA) is 97.0 Å². The number of aromatic carboxylic acids is 1. The second kappa shape index (κ2) is 6.45. The van der Waals surface area contributed by atoms with Crippen LogP contribution in [0.15, 0.2) is 60.9 Å². The molecule has 4 aromatic rings. The van der Waals surface area contributed by atoms with Crippen molar-refractivity contribution in [3.05, 3.63) is 66.5 Å². The number of ether oxygens (including phenoxy) is 1. The number of nitrogens with zero attached hydrogens (tertiary/aromatic N) is 3. The van der Waals surface area contributed by atoms with Crippen LogP contribution < -0.4 is 4.74 Å². The lowest BCUT2D eigenvalue weighted by Gasteiger charge is -2.07. The van der Waals surface area contributed by atoms with Crippen molar-refractivity contribution >= 4 is 11.6 Å². The van der Waals surface area contributed by atoms with Gasteiger partial charge in [0.05, 0.1) is 30.8 Å². The SMILES string of the molecule is COc1cc(-c2cnc3cc(-c4cccc(C(=O)O)c4)cnn23)ccc1O. The highest BCUT2D eigenvalue weighted by molar-refractivity contribution is 5.89. The zero-order valence-corrected chi connectivity index (χ0v) is 14.3. The lowest BCUT2D eigenvalue weighted by atomic mass is 10.1. The van der Waals surface area contributed by atoms with Gasteiger partial charge in [-0.05, 0) is 42.0 Å². The van der Waals surface area contributed by atoms with Gasteiger partial charge >= 0.3 is 5.97 Å². The van der Waals surface area contributed by atoms with Crippen molar-refractivity contribution in [1.82, 2.24) is 14.6 Å². The highest BCUT2D eigenvalue weighted by Crippen LogP contribution is 2.32. The van der Waals surface area contributed by atoms with Crippen LogP contribution in [0.2, 0.25) is 0 Å². The van der Waals surface area contributed by atoms with E-state index >= 15 is 0 Å². The number of aromatic hydroxyl groups is 1. The molecule has 0 atom stereocenters. The molecule has 0 saturated heterocycles. The molecule has 0 aliphatic carbocycles. The van der Waals surface area contributed by atoms with Gasteiger partial charge in [-0.3, -0.25) is 0 Å². The predicted molar refractivity (Wildman–Crippen MR) is 99.0 cm³/mol. The number of hydrogen-bond donors (Lipinski definition) is 2. The molecule has 0 fully saturated rings. The molecule has 4 rings (SSSR count). The van der Waals surface area contributed by atoms with E-state index in [1.807, 2.05) is 12.1 Å². The van der Waals surface area contributed by atoms with Crippen LogP contribution in [0.5, 0.6) is 11.5 Å². The van der Waals surface area contributed by atoms with Crippen molar-refractivity contribution in [2.45, 2.75) is 0 Å². The van der Waals surface area contributed by atoms with Gasteiger partial charge in [-0.25, -0.2) is 14.3 Å². The quantitative estimate of drug-likeness (QED) is 0.578. The molecule has 2 aromatic carbocycles. The minimum atomic E-state index is -0.977. The number of hydrogen-bond acceptors (Lipinski definition) is 5. The van der Waals surface area contributed by atoms with Gasteiger partial charge in [-0.1, -0.05) is 12.1 Å². The van der Waals surface area contributed by atoms with Crippen LogP contribution in [0.4, 0.5) is 0 Å². The van der Waals surface area contributed by atoms with Gasteiger partial charge in [0.25, 0.3) is 0 Å². The van der Waals surface area contributed by atoms with E-state index in [0.717, 1.165) is 22.4 Å². The number of benzene rings is 2. The summed E-state index contributed by atoms with van der Waals surface area (Å²) in [5, 5.41) is 23.4. The summed E-state index contributed by atoms with van der Waals surface area (Å²) in [5.74, 6) is -0.552. The van der Waals surface area contributed by atoms with Crippen LogP contribution >= 0.6 is 0 Å². The van der Waals surface area contributed by atoms with Crippen LogP contribution in [0, 0.1) is 0 Å². The highest BCUT2D eigenvalue weighted by atomic mass is 16.5. The first-order valence-corrected chi connectivity index (χ1v) is 8.12. The third-order valence-corrected chi connectivity index (χ3v) is 4.28. The van der Waals surface area contributed by atoms with Gasteiger partial charge in [-0.2, -0.15) is 5.10 Å². The lowest BCUT2D eigenvalue weighted by Crippen LogP contribution is -1.97. The number of phenolic OH excluding ortho intramolecular Hbond substituents is 1. The number of carbonyl (C=O) groups is 1. The molecule has 2 N–H and O–H groups in total. The summed E-state index contributed by atoms with van der Waals surface area (Å²) in [5.41, 5.74) is 3.90. The summed E-state index contributed by atoms with van der Waals surface area (Å²) in [6.45, 7) is 0. The first-order chi connectivity index (χ1) is 13.1. The first-order valence-electron chi connectivity index (χ1n) is 8.12. The molecule has 2 aromatic heterocycles. The van der Waals surface area contributed by atoms with Gasteiger partial charge in [0, 0.05) is 11.1 Å². The molecule has 0 aliphatic rings. The normalized spacial score (nSPS) is 10.9. The molecule has 0 radical (unpaired) electrons. The number of aromatic nitrogens is 3.